The van der Waals surface area contributed by atoms with Gasteiger partial charge in [-0.1, -0.05) is 0 Å². The lowest BCUT2D eigenvalue weighted by atomic mass is 9.75. The first-order chi connectivity index (χ1) is 19.5. The number of benzene rings is 1. The summed E-state index contributed by atoms with van der Waals surface area (Å²) in [5.74, 6) is -0.612. The molecule has 41 heavy (non-hydrogen) atoms. The number of nitriles is 1. The van der Waals surface area contributed by atoms with E-state index < -0.39 is 23.0 Å². The van der Waals surface area contributed by atoms with Gasteiger partial charge in [0.15, 0.2) is 0 Å². The van der Waals surface area contributed by atoms with E-state index >= 15 is 0 Å². The zero-order valence-corrected chi connectivity index (χ0v) is 23.6. The van der Waals surface area contributed by atoms with Gasteiger partial charge in [0.05, 0.1) is 35.7 Å². The molecule has 5 atom stereocenters. The highest BCUT2D eigenvalue weighted by Crippen LogP contribution is 2.55. The minimum Gasteiger partial charge on any atom is -0.496 e. The van der Waals surface area contributed by atoms with Gasteiger partial charge in [0.1, 0.15) is 23.2 Å². The molecule has 6 saturated carbocycles. The molecule has 0 saturated heterocycles. The average molecular weight is 568 g/mol. The zero-order chi connectivity index (χ0) is 29.1. The van der Waals surface area contributed by atoms with Crippen molar-refractivity contribution in [1.29, 1.82) is 5.26 Å². The molecule has 1 aromatic rings. The zero-order valence-electron chi connectivity index (χ0n) is 23.6. The van der Waals surface area contributed by atoms with Crippen molar-refractivity contribution in [2.75, 3.05) is 7.11 Å². The summed E-state index contributed by atoms with van der Waals surface area (Å²) < 4.78 is 26.1. The van der Waals surface area contributed by atoms with Gasteiger partial charge < -0.3 is 25.2 Å². The number of hydrogen-bond acceptors (Lipinski definition) is 6. The van der Waals surface area contributed by atoms with Gasteiger partial charge in [0.2, 0.25) is 5.91 Å². The highest BCUT2D eigenvalue weighted by Gasteiger charge is 2.58. The molecule has 6 fully saturated rings. The monoisotopic (exact) mass is 567 g/mol. The van der Waals surface area contributed by atoms with Gasteiger partial charge >= 0.3 is 5.97 Å². The molecule has 1 aromatic carbocycles. The number of nitrogens with one attached hydrogen (secondary N) is 2. The Bertz CT molecular complexity index is 1300. The Balaban J connectivity index is 1.18. The van der Waals surface area contributed by atoms with E-state index in [1.165, 1.54) is 19.2 Å². The maximum Gasteiger partial charge on any atom is 0.309 e. The molecule has 3 N–H and O–H groups in total. The number of alkyl halides is 1. The molecule has 0 spiro atoms. The highest BCUT2D eigenvalue weighted by molar-refractivity contribution is 5.98. The van der Waals surface area contributed by atoms with Gasteiger partial charge in [-0.25, -0.2) is 4.39 Å². The van der Waals surface area contributed by atoms with Crippen LogP contribution in [0.1, 0.15) is 87.1 Å². The van der Waals surface area contributed by atoms with Crippen LogP contribution in [0.4, 0.5) is 4.39 Å². The summed E-state index contributed by atoms with van der Waals surface area (Å²) in [5.41, 5.74) is -1.48. The number of methoxy groups -OCH3 is 1. The molecule has 0 heterocycles. The lowest BCUT2D eigenvalue weighted by Crippen LogP contribution is -2.51. The van der Waals surface area contributed by atoms with Crippen molar-refractivity contribution in [3.63, 3.8) is 0 Å². The van der Waals surface area contributed by atoms with Gasteiger partial charge in [0, 0.05) is 24.6 Å². The second kappa shape index (κ2) is 10.2. The van der Waals surface area contributed by atoms with Crippen molar-refractivity contribution in [1.82, 2.24) is 10.6 Å². The fourth-order valence-corrected chi connectivity index (χ4v) is 8.28. The quantitative estimate of drug-likeness (QED) is 0.429. The number of nitrogens with zero attached hydrogens (tertiary/aromatic N) is 1. The Morgan fingerprint density at radius 2 is 1.73 bits per heavy atom. The second-order valence-corrected chi connectivity index (χ2v) is 13.3. The minimum atomic E-state index is -1.12. The number of carboxylic acids is 1. The molecule has 0 aromatic heterocycles. The fourth-order valence-electron chi connectivity index (χ4n) is 8.28. The number of fused-ring (bicyclic) bond motifs is 3. The normalized spacial score (nSPS) is 38.4. The molecule has 2 amide bonds. The summed E-state index contributed by atoms with van der Waals surface area (Å²) in [5, 5.41) is 25.5. The maximum atomic E-state index is 14.4. The summed E-state index contributed by atoms with van der Waals surface area (Å²) in [6.45, 7) is 1.74. The number of hydrogen-bond donors (Lipinski definition) is 3. The lowest BCUT2D eigenvalue weighted by Gasteiger charge is -2.34. The van der Waals surface area contributed by atoms with Crippen LogP contribution in [0.3, 0.4) is 0 Å². The van der Waals surface area contributed by atoms with E-state index in [0.29, 0.717) is 44.9 Å². The SMILES string of the molecule is COc1cc(C#N)c(O[C@H]2CC[C@@](C)(C(=O)O)CC2)cc1C(=O)N[C@@H]1[C@@H]2CC[C@@H](C2)[C@@H]1C(=O)NC1CC2(F)CC1C2. The largest absolute Gasteiger partial charge is 0.496 e. The van der Waals surface area contributed by atoms with Crippen molar-refractivity contribution in [2.45, 2.75) is 95.0 Å². The average Bonchev–Trinajstić information content (AvgIpc) is 3.69. The van der Waals surface area contributed by atoms with E-state index in [-0.39, 0.29) is 70.4 Å². The number of ether oxygens (including phenoxy) is 2. The number of amides is 2. The van der Waals surface area contributed by atoms with Crippen molar-refractivity contribution in [3.05, 3.63) is 23.3 Å². The number of carboxylic acid groups (broad SMARTS) is 1. The minimum absolute atomic E-state index is 0.0925. The predicted octanol–water partition coefficient (Wildman–Crippen LogP) is 4.13. The molecule has 10 heteroatoms. The molecular weight excluding hydrogens is 529 g/mol. The third-order valence-corrected chi connectivity index (χ3v) is 10.8. The van der Waals surface area contributed by atoms with Crippen LogP contribution in [0.25, 0.3) is 0 Å². The van der Waals surface area contributed by atoms with Crippen molar-refractivity contribution >= 4 is 17.8 Å². The van der Waals surface area contributed by atoms with Crippen LogP contribution in [-0.4, -0.2) is 53.9 Å². The molecule has 6 aliphatic rings. The predicted molar refractivity (Wildman–Crippen MR) is 145 cm³/mol. The van der Waals surface area contributed by atoms with Gasteiger partial charge in [-0.05, 0) is 88.5 Å². The van der Waals surface area contributed by atoms with Crippen LogP contribution in [-0.2, 0) is 9.59 Å². The van der Waals surface area contributed by atoms with Crippen LogP contribution in [0.5, 0.6) is 11.5 Å². The van der Waals surface area contributed by atoms with Crippen molar-refractivity contribution < 1.29 is 33.4 Å². The third kappa shape index (κ3) is 4.91. The van der Waals surface area contributed by atoms with Gasteiger partial charge in [-0.2, -0.15) is 5.26 Å². The molecule has 7 rings (SSSR count). The third-order valence-electron chi connectivity index (χ3n) is 10.8. The van der Waals surface area contributed by atoms with Crippen LogP contribution in [0, 0.1) is 40.4 Å². The Morgan fingerprint density at radius 1 is 1.02 bits per heavy atom. The van der Waals surface area contributed by atoms with Crippen LogP contribution < -0.4 is 20.1 Å². The molecule has 0 aliphatic heterocycles. The second-order valence-electron chi connectivity index (χ2n) is 13.3. The number of carbonyl (C=O) groups excluding carboxylic acids is 2. The molecule has 6 aliphatic carbocycles. The van der Waals surface area contributed by atoms with E-state index in [4.69, 9.17) is 9.47 Å². The van der Waals surface area contributed by atoms with Crippen LogP contribution in [0.15, 0.2) is 12.1 Å². The molecule has 4 bridgehead atoms. The summed E-state index contributed by atoms with van der Waals surface area (Å²) in [7, 11) is 1.43. The lowest BCUT2D eigenvalue weighted by molar-refractivity contribution is -0.150. The summed E-state index contributed by atoms with van der Waals surface area (Å²) >= 11 is 0. The van der Waals surface area contributed by atoms with Gasteiger partial charge in [0.25, 0.3) is 5.91 Å². The summed E-state index contributed by atoms with van der Waals surface area (Å²) in [6.07, 6.45) is 5.87. The fraction of sp³-hybridized carbons (Fsp3) is 0.677. The first-order valence-corrected chi connectivity index (χ1v) is 14.8. The number of carbonyl (C=O) groups is 3. The summed E-state index contributed by atoms with van der Waals surface area (Å²) in [6, 6.07) is 4.65. The Hall–Kier alpha value is -3.35. The van der Waals surface area contributed by atoms with E-state index in [1.54, 1.807) is 6.92 Å². The smallest absolute Gasteiger partial charge is 0.309 e. The number of aliphatic carboxylic acids is 1. The van der Waals surface area contributed by atoms with Crippen LogP contribution >= 0.6 is 0 Å². The Kier molecular flexibility index (Phi) is 6.90. The van der Waals surface area contributed by atoms with E-state index in [0.717, 1.165) is 19.3 Å². The highest BCUT2D eigenvalue weighted by atomic mass is 19.1. The van der Waals surface area contributed by atoms with Crippen LogP contribution in [0.2, 0.25) is 0 Å². The number of halogens is 1. The number of rotatable bonds is 8. The van der Waals surface area contributed by atoms with E-state index in [9.17, 15) is 29.1 Å². The first-order valence-electron chi connectivity index (χ1n) is 14.8. The standard InChI is InChI=1S/C31H38FN3O6/c1-30(29(38)39)7-5-20(6-8-30)41-23-11-21(24(40-2)10-18(23)15-33)27(36)35-26-17-4-3-16(9-17)25(26)28(37)34-22-14-31(32)12-19(22)13-31/h10-11,16-17,19-20,22,25-26H,3-9,12-14H2,1-2H3,(H,34,37)(H,35,36)(H,38,39)/t16-,17+,19?,20-,22?,25-,26+,30+,31?/m0/s1. The molecule has 0 radical (unpaired) electrons. The van der Waals surface area contributed by atoms with Gasteiger partial charge in [-0.15, -0.1) is 0 Å². The van der Waals surface area contributed by atoms with Crippen molar-refractivity contribution in [3.8, 4) is 17.6 Å². The maximum absolute atomic E-state index is 14.4. The molecule has 220 valence electrons. The van der Waals surface area contributed by atoms with Crippen molar-refractivity contribution in [2.24, 2.45) is 29.1 Å². The Morgan fingerprint density at radius 3 is 2.34 bits per heavy atom. The topological polar surface area (TPSA) is 138 Å². The van der Waals surface area contributed by atoms with E-state index in [2.05, 4.69) is 16.7 Å². The molecule has 9 nitrogen and oxygen atoms in total. The van der Waals surface area contributed by atoms with Gasteiger partial charge in [-0.3, -0.25) is 14.4 Å². The molecule has 1 unspecified atom stereocenters. The Labute approximate surface area is 239 Å². The van der Waals surface area contributed by atoms with E-state index in [1.807, 2.05) is 0 Å². The molecular formula is C31H38FN3O6. The first kappa shape index (κ1) is 27.8. The summed E-state index contributed by atoms with van der Waals surface area (Å²) in [4.78, 5) is 38.8.